The lowest BCUT2D eigenvalue weighted by Crippen LogP contribution is -2.19. The minimum absolute atomic E-state index is 0.194. The van der Waals surface area contributed by atoms with Crippen LogP contribution < -0.4 is 10.1 Å². The fourth-order valence-electron chi connectivity index (χ4n) is 2.34. The van der Waals surface area contributed by atoms with Crippen molar-refractivity contribution in [1.82, 2.24) is 5.32 Å². The number of rotatable bonds is 8. The molecule has 1 rings (SSSR count). The second-order valence-corrected chi connectivity index (χ2v) is 7.05. The zero-order valence-corrected chi connectivity index (χ0v) is 14.8. The van der Waals surface area contributed by atoms with E-state index in [0.29, 0.717) is 0 Å². The summed E-state index contributed by atoms with van der Waals surface area (Å²) in [5.41, 5.74) is 2.79. The molecule has 0 aliphatic heterocycles. The average molecular weight is 291 g/mol. The molecule has 1 aromatic carbocycles. The van der Waals surface area contributed by atoms with Crippen LogP contribution in [-0.2, 0) is 5.41 Å². The second-order valence-electron chi connectivity index (χ2n) is 7.05. The Hall–Kier alpha value is -1.02. The first-order valence-corrected chi connectivity index (χ1v) is 8.33. The molecule has 0 heterocycles. The largest absolute Gasteiger partial charge is 0.490 e. The lowest BCUT2D eigenvalue weighted by molar-refractivity contribution is 0.206. The topological polar surface area (TPSA) is 21.3 Å². The van der Waals surface area contributed by atoms with Gasteiger partial charge in [0.2, 0.25) is 0 Å². The van der Waals surface area contributed by atoms with Gasteiger partial charge in [-0.15, -0.1) is 0 Å². The predicted molar refractivity (Wildman–Crippen MR) is 92.4 cm³/mol. The van der Waals surface area contributed by atoms with Gasteiger partial charge in [0, 0.05) is 0 Å². The molecule has 0 aromatic heterocycles. The number of nitrogens with one attached hydrogen (secondary N) is 1. The van der Waals surface area contributed by atoms with Gasteiger partial charge in [-0.1, -0.05) is 39.8 Å². The normalized spacial score (nSPS) is 13.2. The summed E-state index contributed by atoms with van der Waals surface area (Å²) >= 11 is 0. The molecule has 1 atom stereocenters. The third-order valence-corrected chi connectivity index (χ3v) is 3.76. The van der Waals surface area contributed by atoms with Crippen LogP contribution in [0.3, 0.4) is 0 Å². The number of hydrogen-bond donors (Lipinski definition) is 1. The van der Waals surface area contributed by atoms with Crippen LogP contribution in [0.5, 0.6) is 5.75 Å². The highest BCUT2D eigenvalue weighted by Gasteiger charge is 2.15. The Morgan fingerprint density at radius 2 is 1.90 bits per heavy atom. The van der Waals surface area contributed by atoms with Gasteiger partial charge in [0.05, 0.1) is 6.10 Å². The fourth-order valence-corrected chi connectivity index (χ4v) is 2.34. The second kappa shape index (κ2) is 8.43. The molecular weight excluding hydrogens is 258 g/mol. The number of benzene rings is 1. The van der Waals surface area contributed by atoms with Gasteiger partial charge < -0.3 is 10.1 Å². The maximum atomic E-state index is 6.09. The summed E-state index contributed by atoms with van der Waals surface area (Å²) in [6.07, 6.45) is 3.73. The van der Waals surface area contributed by atoms with Crippen molar-refractivity contribution in [1.29, 1.82) is 0 Å². The minimum atomic E-state index is 0.194. The molecule has 0 amide bonds. The van der Waals surface area contributed by atoms with E-state index in [1.165, 1.54) is 24.0 Å². The molecule has 21 heavy (non-hydrogen) atoms. The van der Waals surface area contributed by atoms with E-state index in [0.717, 1.165) is 25.3 Å². The lowest BCUT2D eigenvalue weighted by Gasteiger charge is -2.22. The molecule has 1 unspecified atom stereocenters. The zero-order valence-electron chi connectivity index (χ0n) is 14.8. The van der Waals surface area contributed by atoms with Gasteiger partial charge in [0.15, 0.2) is 0 Å². The van der Waals surface area contributed by atoms with Crippen molar-refractivity contribution in [3.8, 4) is 5.75 Å². The molecule has 0 radical (unpaired) electrons. The standard InChI is InChI=1S/C19H33NO/c1-7-12-20-13-8-9-16(3)21-18-11-10-17(14-15(18)2)19(4,5)6/h10-11,14,16,20H,7-9,12-13H2,1-6H3. The predicted octanol–water partition coefficient (Wildman–Crippen LogP) is 4.84. The minimum Gasteiger partial charge on any atom is -0.490 e. The molecule has 1 N–H and O–H groups in total. The van der Waals surface area contributed by atoms with Crippen molar-refractivity contribution >= 4 is 0 Å². The third-order valence-electron chi connectivity index (χ3n) is 3.76. The van der Waals surface area contributed by atoms with Gasteiger partial charge in [0.25, 0.3) is 0 Å². The summed E-state index contributed by atoms with van der Waals surface area (Å²) in [6.45, 7) is 15.4. The zero-order chi connectivity index (χ0) is 15.9. The summed E-state index contributed by atoms with van der Waals surface area (Å²) in [5.74, 6) is 1.03. The van der Waals surface area contributed by atoms with E-state index in [-0.39, 0.29) is 11.5 Å². The first-order valence-electron chi connectivity index (χ1n) is 8.33. The van der Waals surface area contributed by atoms with Crippen molar-refractivity contribution in [2.24, 2.45) is 0 Å². The van der Waals surface area contributed by atoms with Crippen LogP contribution >= 0.6 is 0 Å². The van der Waals surface area contributed by atoms with Crippen LogP contribution in [0.1, 0.15) is 65.0 Å². The lowest BCUT2D eigenvalue weighted by atomic mass is 9.86. The van der Waals surface area contributed by atoms with E-state index in [4.69, 9.17) is 4.74 Å². The highest BCUT2D eigenvalue weighted by Crippen LogP contribution is 2.28. The Labute approximate surface area is 131 Å². The SMILES string of the molecule is CCCNCCCC(C)Oc1ccc(C(C)(C)C)cc1C. The van der Waals surface area contributed by atoms with Gasteiger partial charge >= 0.3 is 0 Å². The van der Waals surface area contributed by atoms with E-state index in [2.05, 4.69) is 65.1 Å². The van der Waals surface area contributed by atoms with E-state index < -0.39 is 0 Å². The van der Waals surface area contributed by atoms with Crippen LogP contribution in [0.2, 0.25) is 0 Å². The Bertz CT molecular complexity index is 420. The summed E-state index contributed by atoms with van der Waals surface area (Å²) in [5, 5.41) is 3.43. The van der Waals surface area contributed by atoms with Crippen molar-refractivity contribution in [2.75, 3.05) is 13.1 Å². The smallest absolute Gasteiger partial charge is 0.122 e. The van der Waals surface area contributed by atoms with Crippen LogP contribution in [-0.4, -0.2) is 19.2 Å². The summed E-state index contributed by atoms with van der Waals surface area (Å²) < 4.78 is 6.09. The van der Waals surface area contributed by atoms with Crippen LogP contribution in [0.4, 0.5) is 0 Å². The highest BCUT2D eigenvalue weighted by molar-refractivity contribution is 5.38. The van der Waals surface area contributed by atoms with Gasteiger partial charge in [-0.25, -0.2) is 0 Å². The Kier molecular flexibility index (Phi) is 7.24. The molecule has 1 aromatic rings. The average Bonchev–Trinajstić information content (AvgIpc) is 2.39. The fraction of sp³-hybridized carbons (Fsp3) is 0.684. The molecule has 120 valence electrons. The van der Waals surface area contributed by atoms with Crippen LogP contribution in [0, 0.1) is 6.92 Å². The molecule has 0 bridgehead atoms. The van der Waals surface area contributed by atoms with Gasteiger partial charge in [-0.05, 0) is 68.8 Å². The molecule has 0 spiro atoms. The molecule has 2 heteroatoms. The summed E-state index contributed by atoms with van der Waals surface area (Å²) in [7, 11) is 0. The maximum absolute atomic E-state index is 6.09. The quantitative estimate of drug-likeness (QED) is 0.692. The molecule has 0 aliphatic rings. The third kappa shape index (κ3) is 6.52. The molecular formula is C19H33NO. The van der Waals surface area contributed by atoms with E-state index in [1.54, 1.807) is 0 Å². The number of aryl methyl sites for hydroxylation is 1. The monoisotopic (exact) mass is 291 g/mol. The van der Waals surface area contributed by atoms with E-state index >= 15 is 0 Å². The van der Waals surface area contributed by atoms with Crippen LogP contribution in [0.15, 0.2) is 18.2 Å². The first kappa shape index (κ1) is 18.0. The summed E-state index contributed by atoms with van der Waals surface area (Å²) in [4.78, 5) is 0. The molecule has 0 saturated heterocycles. The van der Waals surface area contributed by atoms with Crippen LogP contribution in [0.25, 0.3) is 0 Å². The molecule has 0 saturated carbocycles. The molecule has 0 aliphatic carbocycles. The highest BCUT2D eigenvalue weighted by atomic mass is 16.5. The van der Waals surface area contributed by atoms with Crippen molar-refractivity contribution in [3.05, 3.63) is 29.3 Å². The van der Waals surface area contributed by atoms with E-state index in [9.17, 15) is 0 Å². The number of hydrogen-bond acceptors (Lipinski definition) is 2. The van der Waals surface area contributed by atoms with Gasteiger partial charge in [-0.3, -0.25) is 0 Å². The van der Waals surface area contributed by atoms with Gasteiger partial charge in [0.1, 0.15) is 5.75 Å². The van der Waals surface area contributed by atoms with E-state index in [1.807, 2.05) is 0 Å². The first-order chi connectivity index (χ1) is 9.84. The number of ether oxygens (including phenoxy) is 1. The Morgan fingerprint density at radius 3 is 2.48 bits per heavy atom. The van der Waals surface area contributed by atoms with Crippen molar-refractivity contribution in [3.63, 3.8) is 0 Å². The van der Waals surface area contributed by atoms with Gasteiger partial charge in [-0.2, -0.15) is 0 Å². The maximum Gasteiger partial charge on any atom is 0.122 e. The molecule has 0 fully saturated rings. The Balaban J connectivity index is 2.47. The Morgan fingerprint density at radius 1 is 1.19 bits per heavy atom. The molecule has 2 nitrogen and oxygen atoms in total. The van der Waals surface area contributed by atoms with Crippen molar-refractivity contribution < 1.29 is 4.74 Å². The summed E-state index contributed by atoms with van der Waals surface area (Å²) in [6, 6.07) is 6.57. The van der Waals surface area contributed by atoms with Crippen molar-refractivity contribution in [2.45, 2.75) is 72.3 Å².